The first-order valence-corrected chi connectivity index (χ1v) is 12.4. The number of anilines is 2. The van der Waals surface area contributed by atoms with Gasteiger partial charge in [0.1, 0.15) is 0 Å². The quantitative estimate of drug-likeness (QED) is 0.404. The van der Waals surface area contributed by atoms with Crippen molar-refractivity contribution < 1.29 is 4.79 Å². The highest BCUT2D eigenvalue weighted by molar-refractivity contribution is 7.19. The number of hydrogen-bond acceptors (Lipinski definition) is 6. The Kier molecular flexibility index (Phi) is 6.36. The van der Waals surface area contributed by atoms with Crippen LogP contribution in [0.1, 0.15) is 24.0 Å². The SMILES string of the molecule is Cc1ccc(-c2nc(NC(=O)C3CCN(c4ncccn4)CC3)sc2-c2ccc(C)cc2)cc1. The highest BCUT2D eigenvalue weighted by atomic mass is 32.1. The number of aromatic nitrogens is 3. The van der Waals surface area contributed by atoms with Crippen LogP contribution in [-0.2, 0) is 4.79 Å². The van der Waals surface area contributed by atoms with Crippen LogP contribution in [0, 0.1) is 19.8 Å². The summed E-state index contributed by atoms with van der Waals surface area (Å²) in [5.41, 5.74) is 5.48. The van der Waals surface area contributed by atoms with Crippen molar-refractivity contribution in [1.29, 1.82) is 0 Å². The van der Waals surface area contributed by atoms with Crippen molar-refractivity contribution in [3.05, 3.63) is 78.1 Å². The van der Waals surface area contributed by atoms with E-state index in [1.807, 2.05) is 6.07 Å². The Hall–Kier alpha value is -3.58. The number of aryl methyl sites for hydroxylation is 2. The molecule has 172 valence electrons. The molecule has 3 heterocycles. The van der Waals surface area contributed by atoms with Crippen LogP contribution < -0.4 is 10.2 Å². The lowest BCUT2D eigenvalue weighted by Crippen LogP contribution is -2.38. The predicted octanol–water partition coefficient (Wildman–Crippen LogP) is 5.74. The molecule has 2 aromatic carbocycles. The molecule has 1 aliphatic rings. The van der Waals surface area contributed by atoms with Gasteiger partial charge in [-0.1, -0.05) is 71.0 Å². The van der Waals surface area contributed by atoms with E-state index in [4.69, 9.17) is 4.98 Å². The molecule has 0 atom stereocenters. The number of hydrogen-bond donors (Lipinski definition) is 1. The number of amides is 1. The lowest BCUT2D eigenvalue weighted by molar-refractivity contribution is -0.120. The van der Waals surface area contributed by atoms with E-state index in [0.717, 1.165) is 53.6 Å². The van der Waals surface area contributed by atoms with Gasteiger partial charge in [0.05, 0.1) is 10.6 Å². The smallest absolute Gasteiger partial charge is 0.229 e. The molecule has 4 aromatic rings. The van der Waals surface area contributed by atoms with Gasteiger partial charge in [-0.25, -0.2) is 15.0 Å². The summed E-state index contributed by atoms with van der Waals surface area (Å²) >= 11 is 1.53. The van der Waals surface area contributed by atoms with E-state index in [1.54, 1.807) is 12.4 Å². The van der Waals surface area contributed by atoms with E-state index >= 15 is 0 Å². The van der Waals surface area contributed by atoms with Gasteiger partial charge in [0.15, 0.2) is 5.13 Å². The van der Waals surface area contributed by atoms with Crippen molar-refractivity contribution in [1.82, 2.24) is 15.0 Å². The van der Waals surface area contributed by atoms with Gasteiger partial charge in [0, 0.05) is 37.0 Å². The summed E-state index contributed by atoms with van der Waals surface area (Å²) in [5.74, 6) is 0.717. The lowest BCUT2D eigenvalue weighted by Gasteiger charge is -2.30. The molecule has 0 bridgehead atoms. The van der Waals surface area contributed by atoms with Crippen LogP contribution in [-0.4, -0.2) is 33.9 Å². The Morgan fingerprint density at radius 1 is 0.912 bits per heavy atom. The first kappa shape index (κ1) is 22.2. The molecule has 7 heteroatoms. The molecule has 0 saturated carbocycles. The van der Waals surface area contributed by atoms with Gasteiger partial charge in [0.2, 0.25) is 11.9 Å². The molecule has 1 aliphatic heterocycles. The van der Waals surface area contributed by atoms with Gasteiger partial charge in [-0.15, -0.1) is 0 Å². The van der Waals surface area contributed by atoms with Crippen molar-refractivity contribution in [2.45, 2.75) is 26.7 Å². The van der Waals surface area contributed by atoms with Crippen molar-refractivity contribution >= 4 is 28.3 Å². The Morgan fingerprint density at radius 3 is 2.12 bits per heavy atom. The maximum atomic E-state index is 13.1. The molecule has 1 N–H and O–H groups in total. The van der Waals surface area contributed by atoms with E-state index in [-0.39, 0.29) is 11.8 Å². The molecule has 34 heavy (non-hydrogen) atoms. The number of carbonyl (C=O) groups is 1. The minimum atomic E-state index is -0.0467. The zero-order valence-electron chi connectivity index (χ0n) is 19.4. The maximum absolute atomic E-state index is 13.1. The summed E-state index contributed by atoms with van der Waals surface area (Å²) in [6.07, 6.45) is 5.04. The molecule has 2 aromatic heterocycles. The van der Waals surface area contributed by atoms with E-state index in [2.05, 4.69) is 82.6 Å². The Morgan fingerprint density at radius 2 is 1.50 bits per heavy atom. The third-order valence-electron chi connectivity index (χ3n) is 6.20. The van der Waals surface area contributed by atoms with E-state index in [0.29, 0.717) is 5.13 Å². The number of piperidine rings is 1. The molecule has 1 fully saturated rings. The highest BCUT2D eigenvalue weighted by Gasteiger charge is 2.27. The third kappa shape index (κ3) is 4.84. The molecule has 0 radical (unpaired) electrons. The zero-order chi connectivity index (χ0) is 23.5. The summed E-state index contributed by atoms with van der Waals surface area (Å²) < 4.78 is 0. The maximum Gasteiger partial charge on any atom is 0.229 e. The Bertz CT molecular complexity index is 1200. The average Bonchev–Trinajstić information content (AvgIpc) is 3.29. The van der Waals surface area contributed by atoms with Crippen molar-refractivity contribution in [3.8, 4) is 21.7 Å². The second-order valence-electron chi connectivity index (χ2n) is 8.73. The Balaban J connectivity index is 1.34. The van der Waals surface area contributed by atoms with Crippen LogP contribution in [0.3, 0.4) is 0 Å². The lowest BCUT2D eigenvalue weighted by atomic mass is 9.96. The number of nitrogens with zero attached hydrogens (tertiary/aromatic N) is 4. The molecule has 0 spiro atoms. The summed E-state index contributed by atoms with van der Waals surface area (Å²) in [5, 5.41) is 3.75. The monoisotopic (exact) mass is 469 g/mol. The minimum Gasteiger partial charge on any atom is -0.341 e. The molecule has 5 rings (SSSR count). The molecular weight excluding hydrogens is 442 g/mol. The molecule has 0 aliphatic carbocycles. The summed E-state index contributed by atoms with van der Waals surface area (Å²) in [6.45, 7) is 5.69. The number of carbonyl (C=O) groups excluding carboxylic acids is 1. The first-order chi connectivity index (χ1) is 16.6. The van der Waals surface area contributed by atoms with Gasteiger partial charge in [-0.2, -0.15) is 0 Å². The zero-order valence-corrected chi connectivity index (χ0v) is 20.2. The molecule has 6 nitrogen and oxygen atoms in total. The highest BCUT2D eigenvalue weighted by Crippen LogP contribution is 2.39. The van der Waals surface area contributed by atoms with E-state index in [1.165, 1.54) is 22.5 Å². The van der Waals surface area contributed by atoms with Crippen LogP contribution in [0.5, 0.6) is 0 Å². The van der Waals surface area contributed by atoms with Gasteiger partial charge >= 0.3 is 0 Å². The summed E-state index contributed by atoms with van der Waals surface area (Å²) in [7, 11) is 0. The average molecular weight is 470 g/mol. The normalized spacial score (nSPS) is 14.2. The minimum absolute atomic E-state index is 0.0355. The van der Waals surface area contributed by atoms with Crippen molar-refractivity contribution in [2.75, 3.05) is 23.3 Å². The van der Waals surface area contributed by atoms with Gasteiger partial charge < -0.3 is 10.2 Å². The topological polar surface area (TPSA) is 71.0 Å². The van der Waals surface area contributed by atoms with Crippen LogP contribution >= 0.6 is 11.3 Å². The molecular formula is C27H27N5OS. The van der Waals surface area contributed by atoms with Crippen LogP contribution in [0.15, 0.2) is 67.0 Å². The number of rotatable bonds is 5. The van der Waals surface area contributed by atoms with Crippen molar-refractivity contribution in [3.63, 3.8) is 0 Å². The fourth-order valence-electron chi connectivity index (χ4n) is 4.18. The fraction of sp³-hybridized carbons (Fsp3) is 0.259. The number of nitrogens with one attached hydrogen (secondary N) is 1. The standard InChI is InChI=1S/C27H27N5OS/c1-18-4-8-20(9-5-18)23-24(21-10-6-19(2)7-11-21)34-27(30-23)31-25(33)22-12-16-32(17-13-22)26-28-14-3-15-29-26/h3-11,14-15,22H,12-13,16-17H2,1-2H3,(H,30,31,33). The predicted molar refractivity (Wildman–Crippen MR) is 138 cm³/mol. The molecule has 0 unspecified atom stereocenters. The largest absolute Gasteiger partial charge is 0.341 e. The van der Waals surface area contributed by atoms with Gasteiger partial charge in [0.25, 0.3) is 0 Å². The molecule has 1 amide bonds. The van der Waals surface area contributed by atoms with Gasteiger partial charge in [-0.3, -0.25) is 4.79 Å². The number of thiazole rings is 1. The van der Waals surface area contributed by atoms with Crippen LogP contribution in [0.2, 0.25) is 0 Å². The van der Waals surface area contributed by atoms with E-state index < -0.39 is 0 Å². The Labute approximate surface area is 203 Å². The fourth-order valence-corrected chi connectivity index (χ4v) is 5.18. The van der Waals surface area contributed by atoms with Crippen LogP contribution in [0.25, 0.3) is 21.7 Å². The van der Waals surface area contributed by atoms with Crippen molar-refractivity contribution in [2.24, 2.45) is 5.92 Å². The summed E-state index contributed by atoms with van der Waals surface area (Å²) in [4.78, 5) is 29.8. The third-order valence-corrected chi connectivity index (χ3v) is 7.22. The number of benzene rings is 2. The first-order valence-electron chi connectivity index (χ1n) is 11.5. The van der Waals surface area contributed by atoms with Crippen LogP contribution in [0.4, 0.5) is 11.1 Å². The summed E-state index contributed by atoms with van der Waals surface area (Å²) in [6, 6.07) is 18.6. The second-order valence-corrected chi connectivity index (χ2v) is 9.73. The molecule has 1 saturated heterocycles. The van der Waals surface area contributed by atoms with Gasteiger partial charge in [-0.05, 0) is 38.3 Å². The second kappa shape index (κ2) is 9.73. The van der Waals surface area contributed by atoms with E-state index in [9.17, 15) is 4.79 Å².